The van der Waals surface area contributed by atoms with Crippen molar-refractivity contribution in [2.24, 2.45) is 0 Å². The standard InChI is InChI=1S/C14H17N5O/c1-10(2)17-14(20)12-5-6-13(19-18-12)16-9-11-4-3-7-15-8-11/h3-8,10H,9H2,1-2H3,(H,16,19)(H,17,20). The van der Waals surface area contributed by atoms with Crippen LogP contribution in [0.1, 0.15) is 29.9 Å². The van der Waals surface area contributed by atoms with Gasteiger partial charge >= 0.3 is 0 Å². The molecule has 0 aliphatic carbocycles. The summed E-state index contributed by atoms with van der Waals surface area (Å²) in [6.45, 7) is 4.41. The molecule has 0 saturated carbocycles. The van der Waals surface area contributed by atoms with E-state index in [1.165, 1.54) is 0 Å². The second-order valence-electron chi connectivity index (χ2n) is 4.65. The SMILES string of the molecule is CC(C)NC(=O)c1ccc(NCc2cccnc2)nn1. The van der Waals surface area contributed by atoms with Gasteiger partial charge in [-0.3, -0.25) is 9.78 Å². The highest BCUT2D eigenvalue weighted by Gasteiger charge is 2.08. The molecule has 2 aromatic heterocycles. The number of rotatable bonds is 5. The van der Waals surface area contributed by atoms with Crippen LogP contribution in [0.2, 0.25) is 0 Å². The third kappa shape index (κ3) is 4.01. The lowest BCUT2D eigenvalue weighted by Crippen LogP contribution is -2.30. The van der Waals surface area contributed by atoms with Crippen molar-refractivity contribution in [3.8, 4) is 0 Å². The molecule has 2 aromatic rings. The fourth-order valence-electron chi connectivity index (χ4n) is 1.58. The Balaban J connectivity index is 1.93. The molecular formula is C14H17N5O. The summed E-state index contributed by atoms with van der Waals surface area (Å²) < 4.78 is 0. The molecule has 0 spiro atoms. The predicted octanol–water partition coefficient (Wildman–Crippen LogP) is 1.62. The molecule has 20 heavy (non-hydrogen) atoms. The molecule has 2 heterocycles. The molecule has 6 heteroatoms. The van der Waals surface area contributed by atoms with Crippen LogP contribution in [0.5, 0.6) is 0 Å². The Hall–Kier alpha value is -2.50. The van der Waals surface area contributed by atoms with Gasteiger partial charge in [-0.05, 0) is 37.6 Å². The monoisotopic (exact) mass is 271 g/mol. The van der Waals surface area contributed by atoms with Gasteiger partial charge in [0.25, 0.3) is 5.91 Å². The van der Waals surface area contributed by atoms with Gasteiger partial charge in [-0.25, -0.2) is 0 Å². The fourth-order valence-corrected chi connectivity index (χ4v) is 1.58. The zero-order valence-electron chi connectivity index (χ0n) is 11.5. The maximum Gasteiger partial charge on any atom is 0.271 e. The van der Waals surface area contributed by atoms with Crippen molar-refractivity contribution >= 4 is 11.7 Å². The van der Waals surface area contributed by atoms with E-state index < -0.39 is 0 Å². The van der Waals surface area contributed by atoms with Crippen molar-refractivity contribution in [1.29, 1.82) is 0 Å². The molecule has 6 nitrogen and oxygen atoms in total. The van der Waals surface area contributed by atoms with Gasteiger partial charge < -0.3 is 10.6 Å². The number of anilines is 1. The first-order valence-electron chi connectivity index (χ1n) is 6.42. The normalized spacial score (nSPS) is 10.3. The quantitative estimate of drug-likeness (QED) is 0.864. The van der Waals surface area contributed by atoms with Gasteiger partial charge in [0.1, 0.15) is 5.82 Å². The highest BCUT2D eigenvalue weighted by Crippen LogP contribution is 2.05. The molecule has 2 rings (SSSR count). The van der Waals surface area contributed by atoms with Gasteiger partial charge in [0.05, 0.1) is 0 Å². The minimum Gasteiger partial charge on any atom is -0.364 e. The summed E-state index contributed by atoms with van der Waals surface area (Å²) in [5, 5.41) is 13.8. The smallest absolute Gasteiger partial charge is 0.271 e. The minimum atomic E-state index is -0.216. The van der Waals surface area contributed by atoms with Crippen LogP contribution in [0.4, 0.5) is 5.82 Å². The van der Waals surface area contributed by atoms with Crippen LogP contribution in [-0.4, -0.2) is 27.1 Å². The Bertz CT molecular complexity index is 554. The topological polar surface area (TPSA) is 79.8 Å². The van der Waals surface area contributed by atoms with Crippen molar-refractivity contribution in [1.82, 2.24) is 20.5 Å². The van der Waals surface area contributed by atoms with Crippen LogP contribution in [0.3, 0.4) is 0 Å². The molecule has 0 fully saturated rings. The van der Waals surface area contributed by atoms with E-state index in [1.807, 2.05) is 26.0 Å². The molecule has 0 bridgehead atoms. The van der Waals surface area contributed by atoms with Crippen molar-refractivity contribution in [3.63, 3.8) is 0 Å². The average Bonchev–Trinajstić information content (AvgIpc) is 2.46. The van der Waals surface area contributed by atoms with Crippen LogP contribution in [0.15, 0.2) is 36.7 Å². The first-order chi connectivity index (χ1) is 9.65. The number of nitrogens with one attached hydrogen (secondary N) is 2. The van der Waals surface area contributed by atoms with E-state index in [2.05, 4.69) is 25.8 Å². The third-order valence-electron chi connectivity index (χ3n) is 2.51. The van der Waals surface area contributed by atoms with Crippen LogP contribution < -0.4 is 10.6 Å². The summed E-state index contributed by atoms with van der Waals surface area (Å²) in [4.78, 5) is 15.7. The maximum absolute atomic E-state index is 11.7. The van der Waals surface area contributed by atoms with Crippen molar-refractivity contribution in [2.75, 3.05) is 5.32 Å². The largest absolute Gasteiger partial charge is 0.364 e. The maximum atomic E-state index is 11.7. The summed E-state index contributed by atoms with van der Waals surface area (Å²) in [5.74, 6) is 0.404. The Morgan fingerprint density at radius 3 is 2.70 bits per heavy atom. The zero-order chi connectivity index (χ0) is 14.4. The molecule has 0 saturated heterocycles. The van der Waals surface area contributed by atoms with E-state index in [9.17, 15) is 4.79 Å². The third-order valence-corrected chi connectivity index (χ3v) is 2.51. The van der Waals surface area contributed by atoms with E-state index in [1.54, 1.807) is 24.5 Å². The second kappa shape index (κ2) is 6.60. The summed E-state index contributed by atoms with van der Waals surface area (Å²) >= 11 is 0. The van der Waals surface area contributed by atoms with Gasteiger partial charge in [0, 0.05) is 25.0 Å². The minimum absolute atomic E-state index is 0.0766. The van der Waals surface area contributed by atoms with Gasteiger partial charge in [0.2, 0.25) is 0 Å². The van der Waals surface area contributed by atoms with Crippen molar-refractivity contribution in [3.05, 3.63) is 47.9 Å². The van der Waals surface area contributed by atoms with E-state index in [0.29, 0.717) is 18.1 Å². The number of carbonyl (C=O) groups excluding carboxylic acids is 1. The van der Waals surface area contributed by atoms with Crippen LogP contribution >= 0.6 is 0 Å². The van der Waals surface area contributed by atoms with Gasteiger partial charge in [0.15, 0.2) is 5.69 Å². The molecule has 0 radical (unpaired) electrons. The number of carbonyl (C=O) groups is 1. The molecule has 0 aliphatic rings. The number of hydrogen-bond acceptors (Lipinski definition) is 5. The fraction of sp³-hybridized carbons (Fsp3) is 0.286. The Morgan fingerprint density at radius 1 is 1.25 bits per heavy atom. The van der Waals surface area contributed by atoms with Gasteiger partial charge in [-0.15, -0.1) is 10.2 Å². The van der Waals surface area contributed by atoms with Crippen LogP contribution in [-0.2, 0) is 6.54 Å². The first kappa shape index (κ1) is 13.9. The molecule has 2 N–H and O–H groups in total. The van der Waals surface area contributed by atoms with Crippen LogP contribution in [0.25, 0.3) is 0 Å². The Morgan fingerprint density at radius 2 is 2.10 bits per heavy atom. The Labute approximate surface area is 117 Å². The average molecular weight is 271 g/mol. The van der Waals surface area contributed by atoms with Gasteiger partial charge in [-0.2, -0.15) is 0 Å². The number of aromatic nitrogens is 3. The molecular weight excluding hydrogens is 254 g/mol. The summed E-state index contributed by atoms with van der Waals surface area (Å²) in [5.41, 5.74) is 1.36. The lowest BCUT2D eigenvalue weighted by atomic mass is 10.3. The Kier molecular flexibility index (Phi) is 4.60. The number of amides is 1. The predicted molar refractivity (Wildman–Crippen MR) is 76.2 cm³/mol. The van der Waals surface area contributed by atoms with Crippen LogP contribution in [0, 0.1) is 0 Å². The number of hydrogen-bond donors (Lipinski definition) is 2. The molecule has 0 atom stereocenters. The van der Waals surface area contributed by atoms with E-state index in [4.69, 9.17) is 0 Å². The number of nitrogens with zero attached hydrogens (tertiary/aromatic N) is 3. The van der Waals surface area contributed by atoms with E-state index in [-0.39, 0.29) is 11.9 Å². The van der Waals surface area contributed by atoms with Crippen molar-refractivity contribution in [2.45, 2.75) is 26.4 Å². The molecule has 0 aliphatic heterocycles. The molecule has 1 amide bonds. The molecule has 104 valence electrons. The lowest BCUT2D eigenvalue weighted by Gasteiger charge is -2.08. The summed E-state index contributed by atoms with van der Waals surface area (Å²) in [6, 6.07) is 7.31. The summed E-state index contributed by atoms with van der Waals surface area (Å²) in [7, 11) is 0. The lowest BCUT2D eigenvalue weighted by molar-refractivity contribution is 0.0937. The number of pyridine rings is 1. The molecule has 0 unspecified atom stereocenters. The summed E-state index contributed by atoms with van der Waals surface area (Å²) in [6.07, 6.45) is 3.51. The first-order valence-corrected chi connectivity index (χ1v) is 6.42. The highest BCUT2D eigenvalue weighted by atomic mass is 16.1. The molecule has 0 aromatic carbocycles. The zero-order valence-corrected chi connectivity index (χ0v) is 11.5. The van der Waals surface area contributed by atoms with E-state index in [0.717, 1.165) is 5.56 Å². The highest BCUT2D eigenvalue weighted by molar-refractivity contribution is 5.92. The van der Waals surface area contributed by atoms with Crippen molar-refractivity contribution < 1.29 is 4.79 Å². The second-order valence-corrected chi connectivity index (χ2v) is 4.65. The van der Waals surface area contributed by atoms with Gasteiger partial charge in [-0.1, -0.05) is 6.07 Å². The van der Waals surface area contributed by atoms with E-state index >= 15 is 0 Å².